The first-order valence-electron chi connectivity index (χ1n) is 6.93. The first-order valence-corrected chi connectivity index (χ1v) is 8.42. The van der Waals surface area contributed by atoms with E-state index in [9.17, 15) is 13.2 Å². The number of carboxylic acids is 1. The molecule has 0 aliphatic carbocycles. The Bertz CT molecular complexity index is 598. The summed E-state index contributed by atoms with van der Waals surface area (Å²) >= 11 is 0. The fraction of sp³-hybridized carbons (Fsp3) is 0.500. The number of rotatable bonds is 5. The molecule has 0 amide bonds. The molecule has 21 heavy (non-hydrogen) atoms. The summed E-state index contributed by atoms with van der Waals surface area (Å²) in [7, 11) is -1.60. The summed E-state index contributed by atoms with van der Waals surface area (Å²) in [5.41, 5.74) is 0.0703. The molecule has 0 spiro atoms. The lowest BCUT2D eigenvalue weighted by Gasteiger charge is -2.32. The molecule has 2 N–H and O–H groups in total. The van der Waals surface area contributed by atoms with Gasteiger partial charge in [0.25, 0.3) is 0 Å². The van der Waals surface area contributed by atoms with Crippen LogP contribution in [0.4, 0.5) is 0 Å². The minimum absolute atomic E-state index is 0.0703. The molecular formula is C14H20N2O4S. The Labute approximate surface area is 124 Å². The average Bonchev–Trinajstić information content (AvgIpc) is 2.46. The summed E-state index contributed by atoms with van der Waals surface area (Å²) in [5.74, 6) is -1.07. The van der Waals surface area contributed by atoms with Gasteiger partial charge in [-0.25, -0.2) is 17.9 Å². The maximum Gasteiger partial charge on any atom is 0.335 e. The van der Waals surface area contributed by atoms with Gasteiger partial charge in [0.15, 0.2) is 0 Å². The number of carbonyl (C=O) groups is 1. The molecule has 2 rings (SSSR count). The van der Waals surface area contributed by atoms with E-state index >= 15 is 0 Å². The second-order valence-electron chi connectivity index (χ2n) is 5.31. The molecule has 0 aromatic heterocycles. The van der Waals surface area contributed by atoms with Crippen molar-refractivity contribution in [2.45, 2.75) is 30.2 Å². The van der Waals surface area contributed by atoms with Gasteiger partial charge in [-0.3, -0.25) is 0 Å². The first-order chi connectivity index (χ1) is 9.90. The highest BCUT2D eigenvalue weighted by atomic mass is 32.2. The maximum atomic E-state index is 12.2. The maximum absolute atomic E-state index is 12.2. The highest BCUT2D eigenvalue weighted by molar-refractivity contribution is 7.89. The number of hydrogen-bond acceptors (Lipinski definition) is 4. The summed E-state index contributed by atoms with van der Waals surface area (Å²) < 4.78 is 27.0. The van der Waals surface area contributed by atoms with Crippen molar-refractivity contribution in [3.63, 3.8) is 0 Å². The number of likely N-dealkylation sites (N-methyl/N-ethyl adjacent to an activating group) is 1. The molecule has 1 unspecified atom stereocenters. The molecule has 7 heteroatoms. The van der Waals surface area contributed by atoms with E-state index in [0.29, 0.717) is 6.54 Å². The van der Waals surface area contributed by atoms with Crippen LogP contribution in [0.25, 0.3) is 0 Å². The van der Waals surface area contributed by atoms with Gasteiger partial charge >= 0.3 is 5.97 Å². The predicted octanol–water partition coefficient (Wildman–Crippen LogP) is 1.15. The van der Waals surface area contributed by atoms with E-state index in [1.54, 1.807) is 0 Å². The van der Waals surface area contributed by atoms with E-state index in [0.717, 1.165) is 25.8 Å². The molecule has 0 radical (unpaired) electrons. The molecule has 0 saturated carbocycles. The molecule has 1 atom stereocenters. The molecule has 1 heterocycles. The van der Waals surface area contributed by atoms with Crippen LogP contribution in [-0.4, -0.2) is 50.6 Å². The van der Waals surface area contributed by atoms with Crippen molar-refractivity contribution in [3.05, 3.63) is 29.8 Å². The number of benzene rings is 1. The monoisotopic (exact) mass is 312 g/mol. The van der Waals surface area contributed by atoms with Crippen molar-refractivity contribution in [2.24, 2.45) is 0 Å². The van der Waals surface area contributed by atoms with Crippen molar-refractivity contribution >= 4 is 16.0 Å². The SMILES string of the molecule is CN1CCCCC1CNS(=O)(=O)c1ccc(C(=O)O)cc1. The van der Waals surface area contributed by atoms with E-state index in [-0.39, 0.29) is 16.5 Å². The third-order valence-electron chi connectivity index (χ3n) is 3.84. The van der Waals surface area contributed by atoms with Gasteiger partial charge in [-0.05, 0) is 50.7 Å². The van der Waals surface area contributed by atoms with Crippen molar-refractivity contribution in [1.29, 1.82) is 0 Å². The van der Waals surface area contributed by atoms with E-state index < -0.39 is 16.0 Å². The fourth-order valence-corrected chi connectivity index (χ4v) is 3.54. The predicted molar refractivity (Wildman–Crippen MR) is 78.9 cm³/mol. The summed E-state index contributed by atoms with van der Waals surface area (Å²) in [6.07, 6.45) is 3.25. The Morgan fingerprint density at radius 1 is 1.33 bits per heavy atom. The van der Waals surface area contributed by atoms with Gasteiger partial charge in [0.2, 0.25) is 10.0 Å². The Morgan fingerprint density at radius 2 is 2.00 bits per heavy atom. The lowest BCUT2D eigenvalue weighted by Crippen LogP contribution is -2.44. The molecule has 0 bridgehead atoms. The van der Waals surface area contributed by atoms with E-state index in [4.69, 9.17) is 5.11 Å². The number of sulfonamides is 1. The summed E-state index contributed by atoms with van der Waals surface area (Å²) in [6.45, 7) is 1.36. The Morgan fingerprint density at radius 3 is 2.57 bits per heavy atom. The van der Waals surface area contributed by atoms with Crippen LogP contribution in [0.5, 0.6) is 0 Å². The number of hydrogen-bond donors (Lipinski definition) is 2. The van der Waals surface area contributed by atoms with Crippen LogP contribution in [0.3, 0.4) is 0 Å². The Hall–Kier alpha value is -1.44. The van der Waals surface area contributed by atoms with Gasteiger partial charge in [-0.15, -0.1) is 0 Å². The first kappa shape index (κ1) is 15.9. The molecule has 1 aliphatic rings. The zero-order valence-corrected chi connectivity index (χ0v) is 12.8. The van der Waals surface area contributed by atoms with E-state index in [1.807, 2.05) is 7.05 Å². The number of piperidine rings is 1. The summed E-state index contributed by atoms with van der Waals surface area (Å²) in [5, 5.41) is 8.81. The average molecular weight is 312 g/mol. The highest BCUT2D eigenvalue weighted by Crippen LogP contribution is 2.16. The Kier molecular flexibility index (Phi) is 4.97. The number of nitrogens with one attached hydrogen (secondary N) is 1. The Balaban J connectivity index is 2.02. The topological polar surface area (TPSA) is 86.7 Å². The van der Waals surface area contributed by atoms with Crippen LogP contribution in [0, 0.1) is 0 Å². The lowest BCUT2D eigenvalue weighted by atomic mass is 10.0. The lowest BCUT2D eigenvalue weighted by molar-refractivity contribution is 0.0696. The van der Waals surface area contributed by atoms with Crippen molar-refractivity contribution in [2.75, 3.05) is 20.1 Å². The largest absolute Gasteiger partial charge is 0.478 e. The van der Waals surface area contributed by atoms with Gasteiger partial charge < -0.3 is 10.0 Å². The van der Waals surface area contributed by atoms with Gasteiger partial charge in [0.1, 0.15) is 0 Å². The smallest absolute Gasteiger partial charge is 0.335 e. The minimum Gasteiger partial charge on any atom is -0.478 e. The molecule has 116 valence electrons. The molecule has 1 aliphatic heterocycles. The van der Waals surface area contributed by atoms with Crippen LogP contribution in [-0.2, 0) is 10.0 Å². The zero-order chi connectivity index (χ0) is 15.5. The number of likely N-dealkylation sites (tertiary alicyclic amines) is 1. The molecule has 1 aromatic rings. The van der Waals surface area contributed by atoms with Crippen LogP contribution in [0.1, 0.15) is 29.6 Å². The van der Waals surface area contributed by atoms with Gasteiger partial charge in [0, 0.05) is 12.6 Å². The van der Waals surface area contributed by atoms with E-state index in [2.05, 4.69) is 9.62 Å². The van der Waals surface area contributed by atoms with Crippen LogP contribution < -0.4 is 4.72 Å². The van der Waals surface area contributed by atoms with Crippen LogP contribution in [0.2, 0.25) is 0 Å². The molecular weight excluding hydrogens is 292 g/mol. The van der Waals surface area contributed by atoms with Crippen LogP contribution in [0.15, 0.2) is 29.2 Å². The minimum atomic E-state index is -3.60. The van der Waals surface area contributed by atoms with Crippen molar-refractivity contribution < 1.29 is 18.3 Å². The molecule has 1 saturated heterocycles. The molecule has 1 fully saturated rings. The summed E-state index contributed by atoms with van der Waals surface area (Å²) in [6, 6.07) is 5.44. The van der Waals surface area contributed by atoms with Crippen molar-refractivity contribution in [3.8, 4) is 0 Å². The third-order valence-corrected chi connectivity index (χ3v) is 5.28. The van der Waals surface area contributed by atoms with Crippen molar-refractivity contribution in [1.82, 2.24) is 9.62 Å². The normalized spacial score (nSPS) is 20.3. The number of carboxylic acid groups (broad SMARTS) is 1. The third kappa shape index (κ3) is 4.03. The molecule has 1 aromatic carbocycles. The van der Waals surface area contributed by atoms with Crippen LogP contribution >= 0.6 is 0 Å². The second kappa shape index (κ2) is 6.55. The highest BCUT2D eigenvalue weighted by Gasteiger charge is 2.22. The summed E-state index contributed by atoms with van der Waals surface area (Å²) in [4.78, 5) is 13.0. The quantitative estimate of drug-likeness (QED) is 0.851. The van der Waals surface area contributed by atoms with Gasteiger partial charge in [0.05, 0.1) is 10.5 Å². The van der Waals surface area contributed by atoms with Gasteiger partial charge in [-0.1, -0.05) is 6.42 Å². The number of aromatic carboxylic acids is 1. The second-order valence-corrected chi connectivity index (χ2v) is 7.08. The number of nitrogens with zero attached hydrogens (tertiary/aromatic N) is 1. The fourth-order valence-electron chi connectivity index (χ4n) is 2.47. The molecule has 6 nitrogen and oxygen atoms in total. The van der Waals surface area contributed by atoms with Gasteiger partial charge in [-0.2, -0.15) is 0 Å². The van der Waals surface area contributed by atoms with E-state index in [1.165, 1.54) is 24.3 Å². The zero-order valence-electron chi connectivity index (χ0n) is 11.9. The standard InChI is InChI=1S/C14H20N2O4S/c1-16-9-3-2-4-12(16)10-15-21(19,20)13-7-5-11(6-8-13)14(17)18/h5-8,12,15H,2-4,9-10H2,1H3,(H,17,18).